The highest BCUT2D eigenvalue weighted by atomic mass is 32.1. The van der Waals surface area contributed by atoms with Crippen LogP contribution in [0.3, 0.4) is 0 Å². The van der Waals surface area contributed by atoms with E-state index in [1.807, 2.05) is 31.2 Å². The Balaban J connectivity index is 1.32. The van der Waals surface area contributed by atoms with Crippen LogP contribution in [0.15, 0.2) is 30.3 Å². The number of carbonyl (C=O) groups is 2. The Kier molecular flexibility index (Phi) is 5.97. The van der Waals surface area contributed by atoms with Crippen molar-refractivity contribution in [3.8, 4) is 10.4 Å². The lowest BCUT2D eigenvalue weighted by Gasteiger charge is -2.08. The molecule has 0 spiro atoms. The van der Waals surface area contributed by atoms with Crippen LogP contribution in [0, 0.1) is 6.92 Å². The van der Waals surface area contributed by atoms with Crippen LogP contribution in [0.1, 0.15) is 48.4 Å². The van der Waals surface area contributed by atoms with Gasteiger partial charge < -0.3 is 5.32 Å². The number of tetrazole rings is 1. The van der Waals surface area contributed by atoms with Gasteiger partial charge in [-0.15, -0.1) is 32.9 Å². The molecule has 3 aromatic heterocycles. The van der Waals surface area contributed by atoms with E-state index in [9.17, 15) is 9.59 Å². The lowest BCUT2D eigenvalue weighted by molar-refractivity contribution is 0.0953. The van der Waals surface area contributed by atoms with Crippen LogP contribution < -0.4 is 10.6 Å². The number of nitrogens with zero attached hydrogens (tertiary/aromatic N) is 4. The van der Waals surface area contributed by atoms with Gasteiger partial charge in [0.2, 0.25) is 0 Å². The molecule has 0 fully saturated rings. The van der Waals surface area contributed by atoms with Crippen molar-refractivity contribution in [1.29, 1.82) is 0 Å². The van der Waals surface area contributed by atoms with Gasteiger partial charge in [0.05, 0.1) is 11.3 Å². The second kappa shape index (κ2) is 9.20. The molecule has 0 saturated heterocycles. The molecule has 0 atom stereocenters. The Morgan fingerprint density at radius 1 is 1.12 bits per heavy atom. The van der Waals surface area contributed by atoms with E-state index in [0.29, 0.717) is 35.0 Å². The minimum absolute atomic E-state index is 0.176. The number of thiazole rings is 1. The Bertz CT molecular complexity index is 1290. The fourth-order valence-corrected chi connectivity index (χ4v) is 5.92. The van der Waals surface area contributed by atoms with Crippen molar-refractivity contribution in [2.24, 2.45) is 0 Å². The summed E-state index contributed by atoms with van der Waals surface area (Å²) in [6.45, 7) is 2.31. The van der Waals surface area contributed by atoms with Crippen LogP contribution in [-0.2, 0) is 19.3 Å². The molecule has 0 saturated carbocycles. The number of nitrogens with one attached hydrogen (secondary N) is 3. The van der Waals surface area contributed by atoms with Gasteiger partial charge in [-0.25, -0.2) is 4.98 Å². The largest absolute Gasteiger partial charge is 0.352 e. The molecule has 1 aliphatic rings. The number of aryl methyl sites for hydroxylation is 3. The van der Waals surface area contributed by atoms with E-state index in [2.05, 4.69) is 36.2 Å². The van der Waals surface area contributed by atoms with Gasteiger partial charge in [-0.05, 0) is 38.3 Å². The zero-order valence-electron chi connectivity index (χ0n) is 17.8. The third-order valence-corrected chi connectivity index (χ3v) is 7.60. The van der Waals surface area contributed by atoms with Gasteiger partial charge in [0.1, 0.15) is 0 Å². The molecule has 11 heteroatoms. The lowest BCUT2D eigenvalue weighted by atomic mass is 10.0. The number of anilines is 1. The molecule has 0 bridgehead atoms. The minimum Gasteiger partial charge on any atom is -0.352 e. The number of amides is 2. The van der Waals surface area contributed by atoms with E-state index < -0.39 is 0 Å². The summed E-state index contributed by atoms with van der Waals surface area (Å²) in [5.74, 6) is 0.173. The van der Waals surface area contributed by atoms with E-state index in [0.717, 1.165) is 40.3 Å². The van der Waals surface area contributed by atoms with E-state index in [1.54, 1.807) is 17.4 Å². The number of aromatic nitrogens is 5. The molecule has 1 aromatic carbocycles. The van der Waals surface area contributed by atoms with Crippen molar-refractivity contribution in [1.82, 2.24) is 30.9 Å². The van der Waals surface area contributed by atoms with Crippen molar-refractivity contribution in [2.75, 3.05) is 11.9 Å². The summed E-state index contributed by atoms with van der Waals surface area (Å²) in [6.07, 6.45) is 3.64. The molecule has 0 unspecified atom stereocenters. The summed E-state index contributed by atoms with van der Waals surface area (Å²) in [5, 5.41) is 20.2. The smallest absolute Gasteiger partial charge is 0.258 e. The van der Waals surface area contributed by atoms with Crippen molar-refractivity contribution >= 4 is 39.6 Å². The predicted molar refractivity (Wildman–Crippen MR) is 127 cm³/mol. The van der Waals surface area contributed by atoms with Crippen LogP contribution in [0.2, 0.25) is 0 Å². The fraction of sp³-hybridized carbons (Fsp3) is 0.273. The maximum absolute atomic E-state index is 12.9. The summed E-state index contributed by atoms with van der Waals surface area (Å²) in [4.78, 5) is 33.4. The summed E-state index contributed by atoms with van der Waals surface area (Å²) in [6, 6.07) is 9.24. The van der Waals surface area contributed by atoms with E-state index in [1.165, 1.54) is 16.2 Å². The Hall–Kier alpha value is -3.44. The van der Waals surface area contributed by atoms with Gasteiger partial charge in [-0.1, -0.05) is 23.4 Å². The molecule has 0 radical (unpaired) electrons. The number of benzene rings is 1. The SMILES string of the molecule is Cc1sc(-c2ccccc2C(=O)NCCc2nn[nH]n2)cc1C(=O)Nc1nc2c(s1)CCC2. The van der Waals surface area contributed by atoms with Crippen LogP contribution in [-0.4, -0.2) is 44.0 Å². The minimum atomic E-state index is -0.191. The Morgan fingerprint density at radius 2 is 2.00 bits per heavy atom. The molecule has 5 rings (SSSR count). The van der Waals surface area contributed by atoms with Crippen molar-refractivity contribution in [3.63, 3.8) is 0 Å². The number of aromatic amines is 1. The van der Waals surface area contributed by atoms with Gasteiger partial charge in [0.25, 0.3) is 11.8 Å². The average Bonchev–Trinajstić information content (AvgIpc) is 3.58. The van der Waals surface area contributed by atoms with E-state index >= 15 is 0 Å². The molecule has 9 nitrogen and oxygen atoms in total. The topological polar surface area (TPSA) is 126 Å². The standard InChI is InChI=1S/C22H21N7O2S2/c1-12-15(21(31)25-22-24-16-7-4-8-17(16)33-22)11-18(32-12)13-5-2-3-6-14(13)20(30)23-10-9-19-26-28-29-27-19/h2-3,5-6,11H,4,7-10H2,1H3,(H,23,30)(H,24,25,31)(H,26,27,28,29). The number of carbonyl (C=O) groups excluding carboxylic acids is 2. The van der Waals surface area contributed by atoms with Crippen molar-refractivity contribution < 1.29 is 9.59 Å². The molecular formula is C22H21N7O2S2. The monoisotopic (exact) mass is 479 g/mol. The number of fused-ring (bicyclic) bond motifs is 1. The molecule has 2 amide bonds. The molecule has 3 N–H and O–H groups in total. The van der Waals surface area contributed by atoms with E-state index in [4.69, 9.17) is 0 Å². The normalized spacial score (nSPS) is 12.5. The number of hydrogen-bond donors (Lipinski definition) is 3. The average molecular weight is 480 g/mol. The second-order valence-corrected chi connectivity index (χ2v) is 10.00. The number of H-pyrrole nitrogens is 1. The first kappa shape index (κ1) is 21.4. The molecule has 3 heterocycles. The zero-order chi connectivity index (χ0) is 22.8. The quantitative estimate of drug-likeness (QED) is 0.373. The Labute approximate surface area is 197 Å². The number of rotatable bonds is 7. The first-order valence-corrected chi connectivity index (χ1v) is 12.2. The fourth-order valence-electron chi connectivity index (χ4n) is 3.82. The molecule has 168 valence electrons. The van der Waals surface area contributed by atoms with Crippen LogP contribution in [0.25, 0.3) is 10.4 Å². The maximum Gasteiger partial charge on any atom is 0.258 e. The third-order valence-electron chi connectivity index (χ3n) is 5.44. The number of thiophene rings is 1. The molecular weight excluding hydrogens is 458 g/mol. The molecule has 1 aliphatic carbocycles. The van der Waals surface area contributed by atoms with Gasteiger partial charge >= 0.3 is 0 Å². The Morgan fingerprint density at radius 3 is 2.82 bits per heavy atom. The third kappa shape index (κ3) is 4.55. The van der Waals surface area contributed by atoms with Crippen LogP contribution >= 0.6 is 22.7 Å². The van der Waals surface area contributed by atoms with Crippen LogP contribution in [0.5, 0.6) is 0 Å². The summed E-state index contributed by atoms with van der Waals surface area (Å²) in [7, 11) is 0. The maximum atomic E-state index is 12.9. The van der Waals surface area contributed by atoms with Crippen LogP contribution in [0.4, 0.5) is 5.13 Å². The van der Waals surface area contributed by atoms with Crippen molar-refractivity contribution in [2.45, 2.75) is 32.6 Å². The van der Waals surface area contributed by atoms with Gasteiger partial charge in [0.15, 0.2) is 11.0 Å². The highest BCUT2D eigenvalue weighted by Gasteiger charge is 2.21. The predicted octanol–water partition coefficient (Wildman–Crippen LogP) is 3.41. The van der Waals surface area contributed by atoms with Gasteiger partial charge in [-0.2, -0.15) is 5.21 Å². The summed E-state index contributed by atoms with van der Waals surface area (Å²) >= 11 is 3.05. The highest BCUT2D eigenvalue weighted by Crippen LogP contribution is 2.35. The van der Waals surface area contributed by atoms with Gasteiger partial charge in [-0.3, -0.25) is 14.9 Å². The summed E-state index contributed by atoms with van der Waals surface area (Å²) in [5.41, 5.74) is 3.04. The summed E-state index contributed by atoms with van der Waals surface area (Å²) < 4.78 is 0. The molecule has 0 aliphatic heterocycles. The van der Waals surface area contributed by atoms with Crippen molar-refractivity contribution in [3.05, 3.63) is 62.7 Å². The molecule has 4 aromatic rings. The van der Waals surface area contributed by atoms with E-state index in [-0.39, 0.29) is 11.8 Å². The highest BCUT2D eigenvalue weighted by molar-refractivity contribution is 7.16. The molecule has 33 heavy (non-hydrogen) atoms. The first-order valence-electron chi connectivity index (χ1n) is 10.6. The number of hydrogen-bond acceptors (Lipinski definition) is 8. The zero-order valence-corrected chi connectivity index (χ0v) is 19.5. The van der Waals surface area contributed by atoms with Gasteiger partial charge in [0, 0.05) is 38.7 Å². The lowest BCUT2D eigenvalue weighted by Crippen LogP contribution is -2.26. The second-order valence-electron chi connectivity index (χ2n) is 7.66. The first-order chi connectivity index (χ1) is 16.1.